The number of nitrogens with zero attached hydrogens (tertiary/aromatic N) is 2. The number of ether oxygens (including phenoxy) is 2. The minimum atomic E-state index is -0.00824. The molecule has 0 amide bonds. The van der Waals surface area contributed by atoms with Crippen molar-refractivity contribution in [2.45, 2.75) is 50.2 Å². The van der Waals surface area contributed by atoms with Crippen molar-refractivity contribution < 1.29 is 9.47 Å². The molecule has 1 unspecified atom stereocenters. The van der Waals surface area contributed by atoms with Gasteiger partial charge in [-0.1, -0.05) is 25.3 Å². The van der Waals surface area contributed by atoms with Crippen LogP contribution in [0.3, 0.4) is 0 Å². The van der Waals surface area contributed by atoms with Gasteiger partial charge in [-0.15, -0.1) is 0 Å². The predicted octanol–water partition coefficient (Wildman–Crippen LogP) is 3.07. The van der Waals surface area contributed by atoms with Crippen molar-refractivity contribution in [2.24, 2.45) is 0 Å². The number of hydrogen-bond acceptors (Lipinski definition) is 4. The molecule has 2 aliphatic rings. The van der Waals surface area contributed by atoms with Crippen LogP contribution in [0.1, 0.15) is 44.6 Å². The highest BCUT2D eigenvalue weighted by Gasteiger charge is 2.42. The summed E-state index contributed by atoms with van der Waals surface area (Å²) in [6, 6.07) is 5.57. The maximum absolute atomic E-state index is 12.9. The summed E-state index contributed by atoms with van der Waals surface area (Å²) >= 11 is 0. The van der Waals surface area contributed by atoms with Crippen LogP contribution in [-0.2, 0) is 4.74 Å². The fraction of sp³-hybridized carbons (Fsp3) is 0.556. The molecule has 1 aromatic heterocycles. The second kappa shape index (κ2) is 5.64. The second-order valence-electron chi connectivity index (χ2n) is 6.73. The van der Waals surface area contributed by atoms with Crippen LogP contribution in [-0.4, -0.2) is 28.9 Å². The molecule has 0 N–H and O–H groups in total. The first-order valence-electron chi connectivity index (χ1n) is 8.40. The number of aromatic nitrogens is 2. The third kappa shape index (κ3) is 2.43. The number of hydrogen-bond donors (Lipinski definition) is 0. The number of methoxy groups -OCH3 is 1. The van der Waals surface area contributed by atoms with Crippen molar-refractivity contribution in [2.75, 3.05) is 13.7 Å². The van der Waals surface area contributed by atoms with Crippen LogP contribution >= 0.6 is 0 Å². The molecule has 4 rings (SSSR count). The van der Waals surface area contributed by atoms with Crippen LogP contribution < -0.4 is 10.3 Å². The van der Waals surface area contributed by atoms with E-state index in [4.69, 9.17) is 9.47 Å². The summed E-state index contributed by atoms with van der Waals surface area (Å²) < 4.78 is 13.2. The Hall–Kier alpha value is -1.88. The quantitative estimate of drug-likeness (QED) is 0.855. The lowest BCUT2D eigenvalue weighted by Gasteiger charge is -2.32. The monoisotopic (exact) mass is 314 g/mol. The van der Waals surface area contributed by atoms with E-state index in [1.165, 1.54) is 19.3 Å². The molecule has 2 heterocycles. The molecule has 1 aliphatic heterocycles. The van der Waals surface area contributed by atoms with Crippen LogP contribution in [0.15, 0.2) is 29.3 Å². The molecule has 0 radical (unpaired) electrons. The lowest BCUT2D eigenvalue weighted by molar-refractivity contribution is -0.0248. The third-order valence-electron chi connectivity index (χ3n) is 5.34. The largest absolute Gasteiger partial charge is 0.494 e. The van der Waals surface area contributed by atoms with Crippen LogP contribution in [0.5, 0.6) is 5.75 Å². The van der Waals surface area contributed by atoms with E-state index in [0.29, 0.717) is 23.3 Å². The average Bonchev–Trinajstić information content (AvgIpc) is 2.98. The zero-order valence-corrected chi connectivity index (χ0v) is 13.5. The van der Waals surface area contributed by atoms with Crippen LogP contribution in [0.25, 0.3) is 10.9 Å². The highest BCUT2D eigenvalue weighted by molar-refractivity contribution is 5.83. The molecule has 5 heteroatoms. The zero-order chi connectivity index (χ0) is 15.9. The zero-order valence-electron chi connectivity index (χ0n) is 13.5. The molecule has 1 spiro atoms. The molecule has 1 saturated carbocycles. The van der Waals surface area contributed by atoms with Crippen molar-refractivity contribution in [3.05, 3.63) is 34.9 Å². The van der Waals surface area contributed by atoms with Crippen LogP contribution in [0.2, 0.25) is 0 Å². The van der Waals surface area contributed by atoms with Gasteiger partial charge in [-0.3, -0.25) is 9.36 Å². The summed E-state index contributed by atoms with van der Waals surface area (Å²) in [4.78, 5) is 17.3. The molecule has 122 valence electrons. The summed E-state index contributed by atoms with van der Waals surface area (Å²) in [6.07, 6.45) is 8.57. The van der Waals surface area contributed by atoms with E-state index >= 15 is 0 Å². The molecule has 2 fully saturated rings. The first-order valence-corrected chi connectivity index (χ1v) is 8.40. The summed E-state index contributed by atoms with van der Waals surface area (Å²) in [7, 11) is 1.60. The van der Waals surface area contributed by atoms with Crippen molar-refractivity contribution in [3.8, 4) is 5.75 Å². The van der Waals surface area contributed by atoms with E-state index in [1.807, 2.05) is 18.2 Å². The number of benzene rings is 1. The van der Waals surface area contributed by atoms with Gasteiger partial charge < -0.3 is 9.47 Å². The van der Waals surface area contributed by atoms with Gasteiger partial charge >= 0.3 is 0 Å². The van der Waals surface area contributed by atoms with E-state index < -0.39 is 0 Å². The molecule has 2 aromatic rings. The van der Waals surface area contributed by atoms with Crippen LogP contribution in [0, 0.1) is 0 Å². The second-order valence-corrected chi connectivity index (χ2v) is 6.73. The molecule has 5 nitrogen and oxygen atoms in total. The Kier molecular flexibility index (Phi) is 3.60. The summed E-state index contributed by atoms with van der Waals surface area (Å²) in [6.45, 7) is 0.608. The highest BCUT2D eigenvalue weighted by Crippen LogP contribution is 2.43. The van der Waals surface area contributed by atoms with Gasteiger partial charge in [0.25, 0.3) is 5.56 Å². The topological polar surface area (TPSA) is 53.4 Å². The predicted molar refractivity (Wildman–Crippen MR) is 88.0 cm³/mol. The Morgan fingerprint density at radius 3 is 2.91 bits per heavy atom. The van der Waals surface area contributed by atoms with Crippen molar-refractivity contribution >= 4 is 10.9 Å². The van der Waals surface area contributed by atoms with Crippen LogP contribution in [0.4, 0.5) is 0 Å². The Balaban J connectivity index is 1.70. The van der Waals surface area contributed by atoms with Gasteiger partial charge in [-0.25, -0.2) is 4.98 Å². The van der Waals surface area contributed by atoms with Crippen molar-refractivity contribution in [3.63, 3.8) is 0 Å². The smallest absolute Gasteiger partial charge is 0.261 e. The fourth-order valence-electron chi connectivity index (χ4n) is 4.11. The Bertz CT molecular complexity index is 777. The third-order valence-corrected chi connectivity index (χ3v) is 5.34. The number of para-hydroxylation sites is 1. The van der Waals surface area contributed by atoms with E-state index in [2.05, 4.69) is 4.98 Å². The van der Waals surface area contributed by atoms with Gasteiger partial charge in [-0.2, -0.15) is 0 Å². The lowest BCUT2D eigenvalue weighted by atomic mass is 9.82. The molecule has 1 aliphatic carbocycles. The van der Waals surface area contributed by atoms with Crippen molar-refractivity contribution in [1.82, 2.24) is 9.55 Å². The van der Waals surface area contributed by atoms with Gasteiger partial charge in [0.2, 0.25) is 0 Å². The average molecular weight is 314 g/mol. The summed E-state index contributed by atoms with van der Waals surface area (Å²) in [5.74, 6) is 0.637. The van der Waals surface area contributed by atoms with E-state index in [0.717, 1.165) is 19.3 Å². The normalized spacial score (nSPS) is 23.4. The Morgan fingerprint density at radius 1 is 1.30 bits per heavy atom. The van der Waals surface area contributed by atoms with E-state index in [-0.39, 0.29) is 17.2 Å². The first kappa shape index (κ1) is 14.7. The van der Waals surface area contributed by atoms with Crippen molar-refractivity contribution in [1.29, 1.82) is 0 Å². The molecule has 1 saturated heterocycles. The molecular formula is C18H22N2O3. The molecule has 1 atom stereocenters. The SMILES string of the molecule is COc1cccc2c(=O)n(C3COC4(CCCCC4)C3)cnc12. The van der Waals surface area contributed by atoms with Gasteiger partial charge in [0, 0.05) is 0 Å². The first-order chi connectivity index (χ1) is 11.2. The number of fused-ring (bicyclic) bond motifs is 1. The highest BCUT2D eigenvalue weighted by atomic mass is 16.5. The minimum Gasteiger partial charge on any atom is -0.494 e. The molecular weight excluding hydrogens is 292 g/mol. The molecule has 0 bridgehead atoms. The summed E-state index contributed by atoms with van der Waals surface area (Å²) in [5, 5.41) is 0.608. The van der Waals surface area contributed by atoms with Gasteiger partial charge in [-0.05, 0) is 31.4 Å². The number of rotatable bonds is 2. The molecule has 1 aromatic carbocycles. The van der Waals surface area contributed by atoms with Gasteiger partial charge in [0.15, 0.2) is 0 Å². The van der Waals surface area contributed by atoms with Gasteiger partial charge in [0.05, 0.1) is 37.1 Å². The summed E-state index contributed by atoms with van der Waals surface area (Å²) in [5.41, 5.74) is 0.615. The van der Waals surface area contributed by atoms with Gasteiger partial charge in [0.1, 0.15) is 11.3 Å². The van der Waals surface area contributed by atoms with E-state index in [1.54, 1.807) is 18.0 Å². The Morgan fingerprint density at radius 2 is 2.13 bits per heavy atom. The maximum atomic E-state index is 12.9. The minimum absolute atomic E-state index is 0.00430. The maximum Gasteiger partial charge on any atom is 0.261 e. The van der Waals surface area contributed by atoms with E-state index in [9.17, 15) is 4.79 Å². The fourth-order valence-corrected chi connectivity index (χ4v) is 4.11. The standard InChI is InChI=1S/C18H22N2O3/c1-22-15-7-5-6-14-16(15)19-12-20(17(14)21)13-10-18(23-11-13)8-3-2-4-9-18/h5-7,12-13H,2-4,8-11H2,1H3. The lowest BCUT2D eigenvalue weighted by Crippen LogP contribution is -2.31. The molecule has 23 heavy (non-hydrogen) atoms. The Labute approximate surface area is 135 Å².